The Morgan fingerprint density at radius 3 is 2.40 bits per heavy atom. The molecule has 0 aromatic heterocycles. The smallest absolute Gasteiger partial charge is 0.253 e. The fourth-order valence-electron chi connectivity index (χ4n) is 7.19. The summed E-state index contributed by atoms with van der Waals surface area (Å²) in [7, 11) is 0. The predicted octanol–water partition coefficient (Wildman–Crippen LogP) is 4.23. The maximum Gasteiger partial charge on any atom is 0.253 e. The molecular formula is C33H38ClN3O6. The van der Waals surface area contributed by atoms with Crippen molar-refractivity contribution in [3.8, 4) is 5.75 Å². The van der Waals surface area contributed by atoms with Crippen molar-refractivity contribution < 1.29 is 29.0 Å². The molecule has 5 atom stereocenters. The predicted molar refractivity (Wildman–Crippen MR) is 165 cm³/mol. The third-order valence-electron chi connectivity index (χ3n) is 8.88. The molecule has 5 rings (SSSR count). The van der Waals surface area contributed by atoms with Gasteiger partial charge in [0.1, 0.15) is 17.4 Å². The van der Waals surface area contributed by atoms with Crippen LogP contribution in [0.3, 0.4) is 0 Å². The van der Waals surface area contributed by atoms with E-state index in [9.17, 15) is 19.5 Å². The van der Waals surface area contributed by atoms with Gasteiger partial charge in [-0.15, -0.1) is 13.2 Å². The van der Waals surface area contributed by atoms with Crippen molar-refractivity contribution in [1.82, 2.24) is 4.90 Å². The summed E-state index contributed by atoms with van der Waals surface area (Å²) in [6.45, 7) is 11.9. The Bertz CT molecular complexity index is 1420. The number of carbonyl (C=O) groups is 3. The molecule has 43 heavy (non-hydrogen) atoms. The first-order valence-electron chi connectivity index (χ1n) is 14.6. The summed E-state index contributed by atoms with van der Waals surface area (Å²) in [4.78, 5) is 47.7. The molecular weight excluding hydrogens is 570 g/mol. The van der Waals surface area contributed by atoms with Crippen molar-refractivity contribution in [2.75, 3.05) is 42.6 Å². The normalized spacial score (nSPS) is 27.1. The number of aliphatic hydroxyl groups excluding tert-OH is 1. The number of rotatable bonds is 12. The number of ether oxygens (including phenoxy) is 2. The lowest BCUT2D eigenvalue weighted by molar-refractivity contribution is -0.145. The average Bonchev–Trinajstić information content (AvgIpc) is 3.56. The number of halogens is 1. The summed E-state index contributed by atoms with van der Waals surface area (Å²) < 4.78 is 12.3. The van der Waals surface area contributed by atoms with Crippen LogP contribution in [0.25, 0.3) is 0 Å². The number of anilines is 2. The highest BCUT2D eigenvalue weighted by Crippen LogP contribution is 2.63. The first-order chi connectivity index (χ1) is 20.7. The number of hydrogen-bond acceptors (Lipinski definition) is 6. The minimum Gasteiger partial charge on any atom is -0.494 e. The molecule has 0 radical (unpaired) electrons. The van der Waals surface area contributed by atoms with E-state index in [0.717, 1.165) is 0 Å². The molecule has 1 spiro atoms. The second-order valence-electron chi connectivity index (χ2n) is 11.3. The number of carbonyl (C=O) groups excluding carboxylic acids is 3. The Morgan fingerprint density at radius 2 is 1.77 bits per heavy atom. The molecule has 3 amide bonds. The number of amides is 3. The number of nitrogens with zero attached hydrogens (tertiary/aromatic N) is 3. The second kappa shape index (κ2) is 12.1. The highest BCUT2D eigenvalue weighted by molar-refractivity contribution is 6.34. The molecule has 228 valence electrons. The zero-order chi connectivity index (χ0) is 30.9. The first kappa shape index (κ1) is 30.8. The lowest BCUT2D eigenvalue weighted by atomic mass is 9.66. The number of benzene rings is 2. The van der Waals surface area contributed by atoms with Gasteiger partial charge in [-0.25, -0.2) is 0 Å². The largest absolute Gasteiger partial charge is 0.494 e. The standard InChI is InChI=1S/C33H38ClN3O6/c1-5-18-35(22-12-14-23(15-13-22)42-7-3)29(39)26-27-30(40)37(20-21-38)28(33(27)17-16-32(26,4)43-33)31(41)36(19-6-2)25-11-9-8-10-24(25)34/h5-6,8-15,26-28,38H,1-2,7,16-21H2,3-4H3/t26-,27+,28?,32+,33?/m1/s1. The lowest BCUT2D eigenvalue weighted by Gasteiger charge is -2.37. The number of aliphatic hydroxyl groups is 1. The average molecular weight is 608 g/mol. The Kier molecular flexibility index (Phi) is 8.70. The molecule has 3 aliphatic rings. The number of para-hydroxylation sites is 1. The fourth-order valence-corrected chi connectivity index (χ4v) is 7.43. The summed E-state index contributed by atoms with van der Waals surface area (Å²) in [5.74, 6) is -2.14. The van der Waals surface area contributed by atoms with Gasteiger partial charge in [0.15, 0.2) is 0 Å². The van der Waals surface area contributed by atoms with Crippen LogP contribution in [0.2, 0.25) is 5.02 Å². The first-order valence-corrected chi connectivity index (χ1v) is 15.0. The molecule has 9 nitrogen and oxygen atoms in total. The van der Waals surface area contributed by atoms with Crippen molar-refractivity contribution in [2.45, 2.75) is 43.9 Å². The topological polar surface area (TPSA) is 99.6 Å². The van der Waals surface area contributed by atoms with Crippen molar-refractivity contribution in [3.05, 3.63) is 78.9 Å². The highest BCUT2D eigenvalue weighted by atomic mass is 35.5. The fraction of sp³-hybridized carbons (Fsp3) is 0.424. The van der Waals surface area contributed by atoms with E-state index in [4.69, 9.17) is 21.1 Å². The van der Waals surface area contributed by atoms with E-state index in [-0.39, 0.29) is 38.1 Å². The minimum atomic E-state index is -1.25. The van der Waals surface area contributed by atoms with Crippen LogP contribution in [0.1, 0.15) is 26.7 Å². The monoisotopic (exact) mass is 607 g/mol. The van der Waals surface area contributed by atoms with E-state index in [1.807, 2.05) is 13.8 Å². The summed E-state index contributed by atoms with van der Waals surface area (Å²) in [5, 5.41) is 10.3. The van der Waals surface area contributed by atoms with Crippen molar-refractivity contribution in [2.24, 2.45) is 11.8 Å². The molecule has 3 aliphatic heterocycles. The van der Waals surface area contributed by atoms with E-state index in [1.165, 1.54) is 9.80 Å². The van der Waals surface area contributed by atoms with Crippen LogP contribution in [0, 0.1) is 11.8 Å². The Morgan fingerprint density at radius 1 is 1.09 bits per heavy atom. The van der Waals surface area contributed by atoms with Crippen LogP contribution >= 0.6 is 11.6 Å². The van der Waals surface area contributed by atoms with Crippen molar-refractivity contribution in [3.63, 3.8) is 0 Å². The quantitative estimate of drug-likeness (QED) is 0.363. The number of hydrogen-bond donors (Lipinski definition) is 1. The SMILES string of the molecule is C=CCN(C(=O)[C@H]1[C@H]2C(=O)N(CCO)C(C(=O)N(CC=C)c3ccccc3Cl)C23CC[C@]1(C)O3)c1ccc(OCC)cc1. The highest BCUT2D eigenvalue weighted by Gasteiger charge is 2.78. The maximum atomic E-state index is 14.5. The summed E-state index contributed by atoms with van der Waals surface area (Å²) in [6.07, 6.45) is 4.13. The van der Waals surface area contributed by atoms with E-state index in [0.29, 0.717) is 41.6 Å². The number of likely N-dealkylation sites (tertiary alicyclic amines) is 1. The summed E-state index contributed by atoms with van der Waals surface area (Å²) >= 11 is 6.51. The summed E-state index contributed by atoms with van der Waals surface area (Å²) in [5.41, 5.74) is -1.11. The number of β-amino-alcohol motifs (C(OH)–C–C–N with tert-alkyl or cyclic N) is 1. The van der Waals surface area contributed by atoms with Gasteiger partial charge in [-0.05, 0) is 63.1 Å². The summed E-state index contributed by atoms with van der Waals surface area (Å²) in [6, 6.07) is 13.1. The van der Waals surface area contributed by atoms with E-state index < -0.39 is 35.0 Å². The third-order valence-corrected chi connectivity index (χ3v) is 9.20. The molecule has 0 saturated carbocycles. The molecule has 2 bridgehead atoms. The molecule has 3 fully saturated rings. The van der Waals surface area contributed by atoms with Gasteiger partial charge in [0.05, 0.1) is 41.4 Å². The molecule has 2 aromatic carbocycles. The Balaban J connectivity index is 1.56. The molecule has 0 aliphatic carbocycles. The van der Waals surface area contributed by atoms with Crippen LogP contribution in [-0.4, -0.2) is 77.8 Å². The van der Waals surface area contributed by atoms with Crippen molar-refractivity contribution >= 4 is 40.7 Å². The molecule has 1 N–H and O–H groups in total. The van der Waals surface area contributed by atoms with Gasteiger partial charge in [0.2, 0.25) is 11.8 Å². The second-order valence-corrected chi connectivity index (χ2v) is 11.7. The van der Waals surface area contributed by atoms with Gasteiger partial charge in [-0.3, -0.25) is 14.4 Å². The minimum absolute atomic E-state index is 0.0752. The van der Waals surface area contributed by atoms with Crippen LogP contribution in [0.15, 0.2) is 73.8 Å². The van der Waals surface area contributed by atoms with Crippen LogP contribution in [0.5, 0.6) is 5.75 Å². The van der Waals surface area contributed by atoms with E-state index in [2.05, 4.69) is 13.2 Å². The van der Waals surface area contributed by atoms with Crippen LogP contribution in [-0.2, 0) is 19.1 Å². The molecule has 3 saturated heterocycles. The molecule has 2 unspecified atom stereocenters. The molecule has 2 aromatic rings. The zero-order valence-electron chi connectivity index (χ0n) is 24.6. The van der Waals surface area contributed by atoms with Gasteiger partial charge >= 0.3 is 0 Å². The van der Waals surface area contributed by atoms with Crippen LogP contribution < -0.4 is 14.5 Å². The number of fused-ring (bicyclic) bond motifs is 1. The van der Waals surface area contributed by atoms with Gasteiger partial charge < -0.3 is 29.3 Å². The van der Waals surface area contributed by atoms with E-state index in [1.54, 1.807) is 65.6 Å². The Labute approximate surface area is 257 Å². The van der Waals surface area contributed by atoms with Gasteiger partial charge in [-0.2, -0.15) is 0 Å². The Hall–Kier alpha value is -3.66. The van der Waals surface area contributed by atoms with Gasteiger partial charge in [0, 0.05) is 25.3 Å². The van der Waals surface area contributed by atoms with Gasteiger partial charge in [-0.1, -0.05) is 35.9 Å². The van der Waals surface area contributed by atoms with Gasteiger partial charge in [0.25, 0.3) is 5.91 Å². The molecule has 10 heteroatoms. The van der Waals surface area contributed by atoms with Crippen LogP contribution in [0.4, 0.5) is 11.4 Å². The third kappa shape index (κ3) is 5.03. The van der Waals surface area contributed by atoms with Crippen molar-refractivity contribution in [1.29, 1.82) is 0 Å². The zero-order valence-corrected chi connectivity index (χ0v) is 25.3. The maximum absolute atomic E-state index is 14.5. The van der Waals surface area contributed by atoms with E-state index >= 15 is 0 Å². The molecule has 3 heterocycles. The lowest BCUT2D eigenvalue weighted by Crippen LogP contribution is -2.57.